The van der Waals surface area contributed by atoms with Crippen molar-refractivity contribution < 1.29 is 10.2 Å². The van der Waals surface area contributed by atoms with Gasteiger partial charge in [0.1, 0.15) is 0 Å². The van der Waals surface area contributed by atoms with Crippen molar-refractivity contribution in [2.24, 2.45) is 17.8 Å². The Bertz CT molecular complexity index is 132. The third-order valence-electron chi connectivity index (χ3n) is 3.35. The average molecular weight is 156 g/mol. The standard InChI is InChI=1S/C9H16O2/c10-5-6-1-7-3-9(11)4-8(7)2-6/h6-11H,1-5H2. The molecule has 2 unspecified atom stereocenters. The second-order valence-corrected chi connectivity index (χ2v) is 4.17. The van der Waals surface area contributed by atoms with Gasteiger partial charge in [-0.1, -0.05) is 0 Å². The van der Waals surface area contributed by atoms with Gasteiger partial charge in [-0.2, -0.15) is 0 Å². The predicted octanol–water partition coefficient (Wildman–Crippen LogP) is 0.776. The highest BCUT2D eigenvalue weighted by Crippen LogP contribution is 2.46. The number of aliphatic hydroxyl groups excluding tert-OH is 2. The van der Waals surface area contributed by atoms with Crippen LogP contribution in [0.2, 0.25) is 0 Å². The lowest BCUT2D eigenvalue weighted by Gasteiger charge is -2.07. The van der Waals surface area contributed by atoms with E-state index in [0.717, 1.165) is 37.5 Å². The molecule has 2 heteroatoms. The van der Waals surface area contributed by atoms with Crippen LogP contribution in [0.15, 0.2) is 0 Å². The van der Waals surface area contributed by atoms with Gasteiger partial charge in [0.25, 0.3) is 0 Å². The molecule has 0 aliphatic heterocycles. The summed E-state index contributed by atoms with van der Waals surface area (Å²) in [6, 6.07) is 0. The Morgan fingerprint density at radius 2 is 1.55 bits per heavy atom. The van der Waals surface area contributed by atoms with E-state index >= 15 is 0 Å². The molecular weight excluding hydrogens is 140 g/mol. The maximum Gasteiger partial charge on any atom is 0.0545 e. The summed E-state index contributed by atoms with van der Waals surface area (Å²) in [5.74, 6) is 1.99. The zero-order valence-corrected chi connectivity index (χ0v) is 6.74. The highest BCUT2D eigenvalue weighted by atomic mass is 16.3. The lowest BCUT2D eigenvalue weighted by atomic mass is 10.0. The van der Waals surface area contributed by atoms with Gasteiger partial charge >= 0.3 is 0 Å². The Morgan fingerprint density at radius 3 is 2.00 bits per heavy atom. The minimum absolute atomic E-state index is 0.0374. The molecule has 2 atom stereocenters. The molecule has 2 rings (SSSR count). The van der Waals surface area contributed by atoms with Crippen LogP contribution in [0.5, 0.6) is 0 Å². The van der Waals surface area contributed by atoms with Gasteiger partial charge in [-0.3, -0.25) is 0 Å². The lowest BCUT2D eigenvalue weighted by molar-refractivity contribution is 0.160. The Labute approximate surface area is 67.2 Å². The Kier molecular flexibility index (Phi) is 1.90. The fourth-order valence-corrected chi connectivity index (χ4v) is 2.86. The molecule has 11 heavy (non-hydrogen) atoms. The molecule has 0 aromatic carbocycles. The van der Waals surface area contributed by atoms with Crippen molar-refractivity contribution in [2.75, 3.05) is 6.61 Å². The molecule has 0 aromatic rings. The quantitative estimate of drug-likeness (QED) is 0.589. The van der Waals surface area contributed by atoms with Crippen LogP contribution in [0.1, 0.15) is 25.7 Å². The average Bonchev–Trinajstić information content (AvgIpc) is 2.43. The molecule has 0 amide bonds. The van der Waals surface area contributed by atoms with E-state index in [1.54, 1.807) is 0 Å². The maximum atomic E-state index is 9.33. The zero-order valence-electron chi connectivity index (χ0n) is 6.74. The second-order valence-electron chi connectivity index (χ2n) is 4.17. The van der Waals surface area contributed by atoms with Gasteiger partial charge in [0.2, 0.25) is 0 Å². The first kappa shape index (κ1) is 7.56. The monoisotopic (exact) mass is 156 g/mol. The SMILES string of the molecule is OCC1CC2CC(O)CC2C1. The smallest absolute Gasteiger partial charge is 0.0545 e. The van der Waals surface area contributed by atoms with E-state index in [0.29, 0.717) is 12.5 Å². The van der Waals surface area contributed by atoms with E-state index in [4.69, 9.17) is 5.11 Å². The van der Waals surface area contributed by atoms with Gasteiger partial charge in [-0.05, 0) is 43.4 Å². The third-order valence-corrected chi connectivity index (χ3v) is 3.35. The van der Waals surface area contributed by atoms with Crippen molar-refractivity contribution in [3.63, 3.8) is 0 Å². The molecule has 0 aromatic heterocycles. The van der Waals surface area contributed by atoms with Gasteiger partial charge in [0, 0.05) is 6.61 Å². The van der Waals surface area contributed by atoms with Crippen LogP contribution < -0.4 is 0 Å². The molecule has 0 saturated heterocycles. The molecule has 2 fully saturated rings. The Balaban J connectivity index is 1.93. The summed E-state index contributed by atoms with van der Waals surface area (Å²) >= 11 is 0. The maximum absolute atomic E-state index is 9.33. The van der Waals surface area contributed by atoms with E-state index in [-0.39, 0.29) is 6.10 Å². The number of hydrogen-bond donors (Lipinski definition) is 2. The van der Waals surface area contributed by atoms with Crippen molar-refractivity contribution in [1.29, 1.82) is 0 Å². The number of aliphatic hydroxyl groups is 2. The van der Waals surface area contributed by atoms with Crippen LogP contribution in [0.3, 0.4) is 0 Å². The predicted molar refractivity (Wildman–Crippen MR) is 42.0 cm³/mol. The summed E-state index contributed by atoms with van der Waals surface area (Å²) in [4.78, 5) is 0. The van der Waals surface area contributed by atoms with Crippen LogP contribution in [0, 0.1) is 17.8 Å². The molecule has 64 valence electrons. The molecule has 2 aliphatic rings. The van der Waals surface area contributed by atoms with E-state index in [9.17, 15) is 5.11 Å². The van der Waals surface area contributed by atoms with Gasteiger partial charge in [-0.15, -0.1) is 0 Å². The minimum atomic E-state index is -0.0374. The summed E-state index contributed by atoms with van der Waals surface area (Å²) < 4.78 is 0. The fourth-order valence-electron chi connectivity index (χ4n) is 2.86. The lowest BCUT2D eigenvalue weighted by Crippen LogP contribution is -2.06. The van der Waals surface area contributed by atoms with Crippen LogP contribution in [0.4, 0.5) is 0 Å². The van der Waals surface area contributed by atoms with Crippen molar-refractivity contribution >= 4 is 0 Å². The Hall–Kier alpha value is -0.0800. The summed E-state index contributed by atoms with van der Waals surface area (Å²) in [6.45, 7) is 0.350. The molecule has 2 N–H and O–H groups in total. The zero-order chi connectivity index (χ0) is 7.84. The van der Waals surface area contributed by atoms with Crippen LogP contribution in [-0.2, 0) is 0 Å². The van der Waals surface area contributed by atoms with E-state index in [1.165, 1.54) is 0 Å². The molecule has 2 saturated carbocycles. The van der Waals surface area contributed by atoms with Gasteiger partial charge in [0.05, 0.1) is 6.10 Å². The summed E-state index contributed by atoms with van der Waals surface area (Å²) in [7, 11) is 0. The first-order chi connectivity index (χ1) is 5.29. The summed E-state index contributed by atoms with van der Waals surface area (Å²) in [6.07, 6.45) is 4.24. The van der Waals surface area contributed by atoms with Crippen LogP contribution >= 0.6 is 0 Å². The first-order valence-electron chi connectivity index (χ1n) is 4.58. The highest BCUT2D eigenvalue weighted by molar-refractivity contribution is 4.91. The van der Waals surface area contributed by atoms with Crippen molar-refractivity contribution in [3.05, 3.63) is 0 Å². The fraction of sp³-hybridized carbons (Fsp3) is 1.00. The van der Waals surface area contributed by atoms with Gasteiger partial charge in [0.15, 0.2) is 0 Å². The normalized spacial score (nSPS) is 49.6. The molecule has 2 nitrogen and oxygen atoms in total. The Morgan fingerprint density at radius 1 is 1.00 bits per heavy atom. The highest BCUT2D eigenvalue weighted by Gasteiger charge is 2.40. The number of rotatable bonds is 1. The first-order valence-corrected chi connectivity index (χ1v) is 4.58. The summed E-state index contributed by atoms with van der Waals surface area (Å²) in [5, 5.41) is 18.3. The largest absolute Gasteiger partial charge is 0.396 e. The molecule has 0 bridgehead atoms. The van der Waals surface area contributed by atoms with Crippen LogP contribution in [-0.4, -0.2) is 22.9 Å². The molecule has 2 aliphatic carbocycles. The third kappa shape index (κ3) is 1.30. The molecule has 0 spiro atoms. The van der Waals surface area contributed by atoms with Crippen molar-refractivity contribution in [2.45, 2.75) is 31.8 Å². The molecule has 0 heterocycles. The van der Waals surface area contributed by atoms with E-state index in [2.05, 4.69) is 0 Å². The van der Waals surface area contributed by atoms with Gasteiger partial charge in [-0.25, -0.2) is 0 Å². The molecule has 0 radical (unpaired) electrons. The van der Waals surface area contributed by atoms with Crippen molar-refractivity contribution in [3.8, 4) is 0 Å². The minimum Gasteiger partial charge on any atom is -0.396 e. The van der Waals surface area contributed by atoms with E-state index < -0.39 is 0 Å². The van der Waals surface area contributed by atoms with Crippen molar-refractivity contribution in [1.82, 2.24) is 0 Å². The number of hydrogen-bond acceptors (Lipinski definition) is 2. The number of fused-ring (bicyclic) bond motifs is 1. The topological polar surface area (TPSA) is 40.5 Å². The molecular formula is C9H16O2. The second kappa shape index (κ2) is 2.76. The van der Waals surface area contributed by atoms with Gasteiger partial charge < -0.3 is 10.2 Å². The van der Waals surface area contributed by atoms with Crippen LogP contribution in [0.25, 0.3) is 0 Å². The summed E-state index contributed by atoms with van der Waals surface area (Å²) in [5.41, 5.74) is 0. The van der Waals surface area contributed by atoms with E-state index in [1.807, 2.05) is 0 Å².